The van der Waals surface area contributed by atoms with E-state index in [2.05, 4.69) is 59.7 Å². The minimum Gasteiger partial charge on any atom is -0.311 e. The highest BCUT2D eigenvalue weighted by Crippen LogP contribution is 2.53. The van der Waals surface area contributed by atoms with E-state index in [0.717, 1.165) is 22.3 Å². The number of hydrogen-bond acceptors (Lipinski definition) is 8. The molecule has 6 heterocycles. The monoisotopic (exact) mass is 1540 g/mol. The highest BCUT2D eigenvalue weighted by atomic mass is 15.2. The van der Waals surface area contributed by atoms with Crippen LogP contribution < -0.4 is 26.2 Å². The van der Waals surface area contributed by atoms with Gasteiger partial charge in [-0.25, -0.2) is 29.9 Å². The lowest BCUT2D eigenvalue weighted by Crippen LogP contribution is -2.61. The highest BCUT2D eigenvalue weighted by Gasteiger charge is 2.46. The summed E-state index contributed by atoms with van der Waals surface area (Å²) in [6, 6.07) is 32.8. The van der Waals surface area contributed by atoms with Gasteiger partial charge in [0.25, 0.3) is 6.71 Å². The minimum atomic E-state index is -1.09. The fraction of sp³-hybridized carbons (Fsp3) is 0.151. The first-order chi connectivity index (χ1) is 67.3. The van der Waals surface area contributed by atoms with Crippen molar-refractivity contribution in [2.75, 3.05) is 9.80 Å². The first kappa shape index (κ1) is 49.2. The lowest BCUT2D eigenvalue weighted by Gasteiger charge is -2.45. The molecule has 0 N–H and O–H groups in total. The maximum atomic E-state index is 10.3. The molecule has 0 bridgehead atoms. The molecule has 0 atom stereocenters. The van der Waals surface area contributed by atoms with Gasteiger partial charge < -0.3 is 18.9 Å². The summed E-state index contributed by atoms with van der Waals surface area (Å²) in [7, 11) is 0. The van der Waals surface area contributed by atoms with Gasteiger partial charge in [-0.3, -0.25) is 0 Å². The van der Waals surface area contributed by atoms with Gasteiger partial charge >= 0.3 is 0 Å². The van der Waals surface area contributed by atoms with E-state index in [-0.39, 0.29) is 112 Å². The van der Waals surface area contributed by atoms with Crippen LogP contribution >= 0.6 is 0 Å². The average molecular weight is 1540 g/mol. The zero-order chi connectivity index (χ0) is 103. The van der Waals surface area contributed by atoms with E-state index in [1.54, 1.807) is 30.3 Å². The maximum Gasteiger partial charge on any atom is 0.252 e. The van der Waals surface area contributed by atoms with Gasteiger partial charge in [0, 0.05) is 83.4 Å². The van der Waals surface area contributed by atoms with Gasteiger partial charge in [0.15, 0.2) is 34.9 Å². The second-order valence-corrected chi connectivity index (χ2v) is 33.7. The number of fused-ring (bicyclic) bond motifs is 10. The van der Waals surface area contributed by atoms with E-state index in [0.29, 0.717) is 49.9 Å². The first-order valence-corrected chi connectivity index (χ1v) is 38.6. The van der Waals surface area contributed by atoms with Crippen molar-refractivity contribution in [1.29, 1.82) is 0 Å². The topological polar surface area (TPSA) is 93.7 Å². The predicted molar refractivity (Wildman–Crippen MR) is 489 cm³/mol. The third-order valence-corrected chi connectivity index (χ3v) is 22.1. The summed E-state index contributed by atoms with van der Waals surface area (Å²) in [5.41, 5.74) is 4.80. The van der Waals surface area contributed by atoms with Crippen LogP contribution in [0.5, 0.6) is 0 Å². The number of rotatable bonds is 11. The van der Waals surface area contributed by atoms with Crippen LogP contribution in [0.15, 0.2) is 321 Å². The summed E-state index contributed by atoms with van der Waals surface area (Å²) in [5, 5.41) is -0.994. The van der Waals surface area contributed by atoms with E-state index in [9.17, 15) is 27.4 Å². The summed E-state index contributed by atoms with van der Waals surface area (Å²) < 4.78 is 251. The molecule has 18 aromatic rings. The Morgan fingerprint density at radius 1 is 0.256 bits per heavy atom. The van der Waals surface area contributed by atoms with Crippen molar-refractivity contribution >= 4 is 101 Å². The largest absolute Gasteiger partial charge is 0.311 e. The molecule has 20 rings (SSSR count). The van der Waals surface area contributed by atoms with Crippen LogP contribution in [0.1, 0.15) is 141 Å². The fourth-order valence-corrected chi connectivity index (χ4v) is 16.1. The number of hydrogen-bond donors (Lipinski definition) is 0. The van der Waals surface area contributed by atoms with E-state index >= 15 is 0 Å². The Bertz CT molecular complexity index is 8290. The van der Waals surface area contributed by atoms with Crippen LogP contribution in [0.25, 0.3) is 134 Å². The van der Waals surface area contributed by atoms with Gasteiger partial charge in [0.1, 0.15) is 0 Å². The molecule has 2 aliphatic heterocycles. The molecule has 0 saturated carbocycles. The summed E-state index contributed by atoms with van der Waals surface area (Å²) in [6.07, 6.45) is 0. The van der Waals surface area contributed by atoms with Crippen molar-refractivity contribution in [1.82, 2.24) is 39.0 Å². The summed E-state index contributed by atoms with van der Waals surface area (Å²) in [4.78, 5) is 35.2. The lowest BCUT2D eigenvalue weighted by molar-refractivity contribution is 0.569. The molecule has 0 amide bonds. The molecule has 117 heavy (non-hydrogen) atoms. The van der Waals surface area contributed by atoms with Crippen LogP contribution in [-0.2, 0) is 21.7 Å². The third-order valence-electron chi connectivity index (χ3n) is 22.1. The molecule has 4 aromatic heterocycles. The normalized spacial score (nSPS) is 16.0. The Labute approximate surface area is 721 Å². The van der Waals surface area contributed by atoms with E-state index in [1.165, 1.54) is 9.13 Å². The Morgan fingerprint density at radius 2 is 0.607 bits per heavy atom. The van der Waals surface area contributed by atoms with Gasteiger partial charge in [-0.15, -0.1) is 0 Å². The smallest absolute Gasteiger partial charge is 0.252 e. The van der Waals surface area contributed by atoms with E-state index < -0.39 is 208 Å². The van der Waals surface area contributed by atoms with Crippen LogP contribution in [0.4, 0.5) is 34.1 Å². The number of nitrogens with zero attached hydrogens (tertiary/aromatic N) is 10. The number of para-hydroxylation sites is 4. The van der Waals surface area contributed by atoms with E-state index in [1.807, 2.05) is 167 Å². The lowest BCUT2D eigenvalue weighted by atomic mass is 9.33. The zero-order valence-corrected chi connectivity index (χ0v) is 66.1. The predicted octanol–water partition coefficient (Wildman–Crippen LogP) is 25.2. The van der Waals surface area contributed by atoms with Crippen molar-refractivity contribution in [3.8, 4) is 90.8 Å². The molecule has 0 aliphatic carbocycles. The standard InChI is InChI=1S/C106H89BN10/c1-103(2,3)72-50-55-90(82(61-72)101-110-97(66-33-17-13-18-34-66)108-98(111-101)67-35-19-14-20-36-67)116-92-59-70(71-57-74(105(7,8)9)60-75(58-71)106(10,11)12)49-53-84(92)107-85-54-52-76(114-86-45-29-25-41-78(86)79-42-26-30-46-87(79)114)63-93(85)117(95-65-77(64-94(116)96(95)107)115-88-47-31-27-43-80(88)81-44-28-32-48-89(81)115)91-56-51-73(104(4,5)6)62-83(91)102-112-99(68-37-21-15-22-38-68)109-100(113-102)69-39-23-16-24-40-69/h13-65H,1-12H3/i13D,14D,17D,18D,19D,20D,25D,26D,27D,28D,29D,30D,31D,32D,33D,34D,35D,36D,41D,42D,43D,44D,45D,46D,47D,48D. The summed E-state index contributed by atoms with van der Waals surface area (Å²) in [5.74, 6) is -0.890. The molecule has 2 aliphatic rings. The van der Waals surface area contributed by atoms with Gasteiger partial charge in [0.2, 0.25) is 0 Å². The number of benzene rings is 14. The second kappa shape index (κ2) is 27.6. The SMILES string of the molecule is [2H]c1c([2H])c([2H])c(-c2nc(-c3cc(C(C)(C)C)ccc3N3c4cc(-c5cc(C(C)(C)C)cc(C(C)(C)C)c5)ccc4B4c5ccc(-n6c7c([2H])c([2H])c([2H])c([2H])c7c7c([2H])c([2H])c([2H])c([2H])c76)cc5N(c5ccc(C(C)(C)C)cc5-c5nc(-c6ccccc6)nc(-c6ccccc6)n5)c5cc(-n6c7c([2H])c([2H])c([2H])c([2H])c7c7c([2H])c([2H])c([2H])c([2H])c76)cc3c54)nc(-c3c([2H])c([2H])c([2H])c([2H])c3[2H])n2)c([2H])c1[2H]. The van der Waals surface area contributed by atoms with Gasteiger partial charge in [0.05, 0.1) is 74.8 Å². The van der Waals surface area contributed by atoms with Crippen molar-refractivity contribution < 1.29 is 35.6 Å². The molecule has 10 nitrogen and oxygen atoms in total. The molecule has 0 spiro atoms. The molecule has 0 radical (unpaired) electrons. The van der Waals surface area contributed by atoms with Crippen LogP contribution in [-0.4, -0.2) is 45.8 Å². The van der Waals surface area contributed by atoms with Crippen molar-refractivity contribution in [3.05, 3.63) is 343 Å². The Balaban J connectivity index is 1.04. The quantitative estimate of drug-likeness (QED) is 0.118. The van der Waals surface area contributed by atoms with Crippen molar-refractivity contribution in [2.24, 2.45) is 0 Å². The van der Waals surface area contributed by atoms with E-state index in [4.69, 9.17) is 38.1 Å². The van der Waals surface area contributed by atoms with Crippen molar-refractivity contribution in [2.45, 2.75) is 105 Å². The second-order valence-electron chi connectivity index (χ2n) is 33.7. The number of anilines is 6. The van der Waals surface area contributed by atoms with Gasteiger partial charge in [-0.2, -0.15) is 0 Å². The summed E-state index contributed by atoms with van der Waals surface area (Å²) >= 11 is 0. The Hall–Kier alpha value is -13.6. The Kier molecular flexibility index (Phi) is 11.6. The first-order valence-electron chi connectivity index (χ1n) is 51.6. The molecular formula is C106H89BN10. The maximum absolute atomic E-state index is 10.3. The zero-order valence-electron chi connectivity index (χ0n) is 92.1. The van der Waals surface area contributed by atoms with Crippen LogP contribution in [0.3, 0.4) is 0 Å². The molecule has 0 fully saturated rings. The third kappa shape index (κ3) is 12.6. The molecule has 11 heteroatoms. The molecule has 0 unspecified atom stereocenters. The van der Waals surface area contributed by atoms with Crippen LogP contribution in [0.2, 0.25) is 0 Å². The van der Waals surface area contributed by atoms with Gasteiger partial charge in [-0.1, -0.05) is 325 Å². The summed E-state index contributed by atoms with van der Waals surface area (Å²) in [6.45, 7) is 23.6. The minimum absolute atomic E-state index is 0.0328. The Morgan fingerprint density at radius 3 is 1.02 bits per heavy atom. The molecular weight excluding hydrogens is 1420 g/mol. The fourth-order valence-electron chi connectivity index (χ4n) is 16.1. The van der Waals surface area contributed by atoms with Crippen molar-refractivity contribution in [3.63, 3.8) is 0 Å². The molecule has 0 saturated heterocycles. The molecule has 566 valence electrons. The average Bonchev–Trinajstić information content (AvgIpc) is 1.66. The molecule has 14 aromatic carbocycles. The number of aromatic nitrogens is 8. The van der Waals surface area contributed by atoms with Gasteiger partial charge in [-0.05, 0) is 150 Å². The van der Waals surface area contributed by atoms with Crippen LogP contribution in [0, 0.1) is 0 Å². The highest BCUT2D eigenvalue weighted by molar-refractivity contribution is 7.00.